The minimum atomic E-state index is -0.404. The van der Waals surface area contributed by atoms with Crippen LogP contribution in [0.1, 0.15) is 23.8 Å². The van der Waals surface area contributed by atoms with Crippen molar-refractivity contribution in [2.45, 2.75) is 30.5 Å². The number of benzene rings is 2. The van der Waals surface area contributed by atoms with Crippen LogP contribution in [0, 0.1) is 5.82 Å². The summed E-state index contributed by atoms with van der Waals surface area (Å²) in [6.07, 6.45) is 0. The lowest BCUT2D eigenvalue weighted by atomic mass is 10.3. The summed E-state index contributed by atoms with van der Waals surface area (Å²) in [5, 5.41) is 10.4. The van der Waals surface area contributed by atoms with Crippen LogP contribution in [0.5, 0.6) is 5.75 Å². The Morgan fingerprint density at radius 2 is 1.93 bits per heavy atom. The number of halogens is 1. The summed E-state index contributed by atoms with van der Waals surface area (Å²) in [6.45, 7) is 2.64. The molecule has 0 saturated carbocycles. The third-order valence-corrected chi connectivity index (χ3v) is 6.61. The number of hydrogen-bond acceptors (Lipinski definition) is 7. The Kier molecular flexibility index (Phi) is 6.61. The molecule has 0 radical (unpaired) electrons. The standard InChI is InChI=1S/C21H21FN4O2S2/c1-14(11-27-2)26-19(12-28-17-9-5-3-7-15(17)22)24-25-21(26)29-13-20-23-16-8-4-6-10-18(16)30-20/h3-10,14H,11-13H2,1-2H3. The van der Waals surface area contributed by atoms with Gasteiger partial charge in [0.1, 0.15) is 11.6 Å². The minimum Gasteiger partial charge on any atom is -0.483 e. The second-order valence-electron chi connectivity index (χ2n) is 6.66. The number of rotatable bonds is 9. The molecule has 2 aromatic carbocycles. The van der Waals surface area contributed by atoms with Crippen molar-refractivity contribution >= 4 is 33.3 Å². The van der Waals surface area contributed by atoms with Gasteiger partial charge >= 0.3 is 0 Å². The zero-order valence-corrected chi connectivity index (χ0v) is 18.3. The van der Waals surface area contributed by atoms with Crippen molar-refractivity contribution < 1.29 is 13.9 Å². The van der Waals surface area contributed by atoms with Crippen molar-refractivity contribution in [1.29, 1.82) is 0 Å². The third kappa shape index (κ3) is 4.63. The lowest BCUT2D eigenvalue weighted by Crippen LogP contribution is -2.16. The Morgan fingerprint density at radius 1 is 1.13 bits per heavy atom. The SMILES string of the molecule is COCC(C)n1c(COc2ccccc2F)nnc1SCc1nc2ccccc2s1. The highest BCUT2D eigenvalue weighted by atomic mass is 32.2. The second kappa shape index (κ2) is 9.55. The van der Waals surface area contributed by atoms with Crippen molar-refractivity contribution in [2.75, 3.05) is 13.7 Å². The van der Waals surface area contributed by atoms with Crippen LogP contribution >= 0.6 is 23.1 Å². The van der Waals surface area contributed by atoms with E-state index in [1.54, 1.807) is 48.4 Å². The Hall–Kier alpha value is -2.49. The summed E-state index contributed by atoms with van der Waals surface area (Å²) in [7, 11) is 1.66. The number of thioether (sulfide) groups is 1. The van der Waals surface area contributed by atoms with E-state index in [9.17, 15) is 4.39 Å². The maximum atomic E-state index is 13.9. The van der Waals surface area contributed by atoms with Crippen LogP contribution in [0.2, 0.25) is 0 Å². The first-order valence-corrected chi connectivity index (χ1v) is 11.2. The number of ether oxygens (including phenoxy) is 2. The molecule has 0 N–H and O–H groups in total. The largest absolute Gasteiger partial charge is 0.483 e. The first kappa shape index (κ1) is 20.8. The zero-order valence-electron chi connectivity index (χ0n) is 16.6. The number of nitrogens with zero attached hydrogens (tertiary/aromatic N) is 4. The number of methoxy groups -OCH3 is 1. The molecule has 0 aliphatic carbocycles. The summed E-state index contributed by atoms with van der Waals surface area (Å²) in [4.78, 5) is 4.68. The van der Waals surface area contributed by atoms with Gasteiger partial charge in [0, 0.05) is 7.11 Å². The van der Waals surface area contributed by atoms with Crippen LogP contribution in [0.3, 0.4) is 0 Å². The molecule has 30 heavy (non-hydrogen) atoms. The van der Waals surface area contributed by atoms with E-state index in [2.05, 4.69) is 21.2 Å². The summed E-state index contributed by atoms with van der Waals surface area (Å²) < 4.78 is 28.0. The van der Waals surface area contributed by atoms with Gasteiger partial charge in [-0.05, 0) is 31.2 Å². The number of fused-ring (bicyclic) bond motifs is 1. The lowest BCUT2D eigenvalue weighted by molar-refractivity contribution is 0.154. The van der Waals surface area contributed by atoms with Crippen LogP contribution in [0.25, 0.3) is 10.2 Å². The van der Waals surface area contributed by atoms with Crippen molar-refractivity contribution in [3.63, 3.8) is 0 Å². The quantitative estimate of drug-likeness (QED) is 0.335. The first-order chi connectivity index (χ1) is 14.7. The maximum Gasteiger partial charge on any atom is 0.192 e. The average Bonchev–Trinajstić information content (AvgIpc) is 3.35. The first-order valence-electron chi connectivity index (χ1n) is 9.43. The highest BCUT2D eigenvalue weighted by Gasteiger charge is 2.19. The Morgan fingerprint density at radius 3 is 2.73 bits per heavy atom. The van der Waals surface area contributed by atoms with Gasteiger partial charge in [-0.1, -0.05) is 36.0 Å². The molecular weight excluding hydrogens is 423 g/mol. The molecule has 0 bridgehead atoms. The summed E-state index contributed by atoms with van der Waals surface area (Å²) >= 11 is 3.24. The van der Waals surface area contributed by atoms with E-state index in [4.69, 9.17) is 9.47 Å². The van der Waals surface area contributed by atoms with Crippen LogP contribution in [0.15, 0.2) is 53.7 Å². The molecule has 0 fully saturated rings. The summed E-state index contributed by atoms with van der Waals surface area (Å²) in [5.74, 6) is 1.09. The smallest absolute Gasteiger partial charge is 0.192 e. The van der Waals surface area contributed by atoms with Crippen LogP contribution in [-0.4, -0.2) is 33.5 Å². The fraction of sp³-hybridized carbons (Fsp3) is 0.286. The Labute approximate surface area is 182 Å². The molecule has 9 heteroatoms. The average molecular weight is 445 g/mol. The Balaban J connectivity index is 1.52. The highest BCUT2D eigenvalue weighted by Crippen LogP contribution is 2.30. The number of hydrogen-bond donors (Lipinski definition) is 0. The zero-order chi connectivity index (χ0) is 20.9. The van der Waals surface area contributed by atoms with Crippen LogP contribution in [-0.2, 0) is 17.1 Å². The Bertz CT molecular complexity index is 1100. The summed E-state index contributed by atoms with van der Waals surface area (Å²) in [5.41, 5.74) is 1.01. The predicted octanol–water partition coefficient (Wildman–Crippen LogP) is 5.11. The molecular formula is C21H21FN4O2S2. The lowest BCUT2D eigenvalue weighted by Gasteiger charge is -2.17. The maximum absolute atomic E-state index is 13.9. The van der Waals surface area contributed by atoms with Crippen LogP contribution < -0.4 is 4.74 Å². The van der Waals surface area contributed by atoms with Gasteiger partial charge in [-0.2, -0.15) is 0 Å². The molecule has 1 atom stereocenters. The van der Waals surface area contributed by atoms with Gasteiger partial charge in [0.15, 0.2) is 22.5 Å². The van der Waals surface area contributed by atoms with E-state index in [1.807, 2.05) is 29.7 Å². The monoisotopic (exact) mass is 444 g/mol. The van der Waals surface area contributed by atoms with Crippen molar-refractivity contribution in [3.05, 3.63) is 65.2 Å². The van der Waals surface area contributed by atoms with E-state index in [-0.39, 0.29) is 18.4 Å². The number of thiazole rings is 1. The van der Waals surface area contributed by atoms with Crippen LogP contribution in [0.4, 0.5) is 4.39 Å². The summed E-state index contributed by atoms with van der Waals surface area (Å²) in [6, 6.07) is 14.4. The molecule has 0 saturated heterocycles. The van der Waals surface area contributed by atoms with Gasteiger partial charge in [0.05, 0.1) is 28.6 Å². The van der Waals surface area contributed by atoms with Crippen molar-refractivity contribution in [3.8, 4) is 5.75 Å². The molecule has 156 valence electrons. The fourth-order valence-electron chi connectivity index (χ4n) is 3.07. The number of para-hydroxylation sites is 2. The van der Waals surface area contributed by atoms with Crippen molar-refractivity contribution in [2.24, 2.45) is 0 Å². The topological polar surface area (TPSA) is 62.1 Å². The fourth-order valence-corrected chi connectivity index (χ4v) is 5.09. The molecule has 0 spiro atoms. The van der Waals surface area contributed by atoms with Gasteiger partial charge in [-0.15, -0.1) is 21.5 Å². The second-order valence-corrected chi connectivity index (χ2v) is 8.71. The van der Waals surface area contributed by atoms with E-state index < -0.39 is 5.82 Å². The molecule has 0 amide bonds. The molecule has 4 aromatic rings. The highest BCUT2D eigenvalue weighted by molar-refractivity contribution is 7.98. The molecule has 1 unspecified atom stereocenters. The predicted molar refractivity (Wildman–Crippen MR) is 117 cm³/mol. The molecule has 0 aliphatic heterocycles. The molecule has 4 rings (SSSR count). The van der Waals surface area contributed by atoms with E-state index in [0.717, 1.165) is 15.7 Å². The van der Waals surface area contributed by atoms with Gasteiger partial charge in [0.2, 0.25) is 0 Å². The van der Waals surface area contributed by atoms with Gasteiger partial charge in [0.25, 0.3) is 0 Å². The molecule has 2 heterocycles. The normalized spacial score (nSPS) is 12.4. The van der Waals surface area contributed by atoms with Crippen molar-refractivity contribution in [1.82, 2.24) is 19.7 Å². The third-order valence-electron chi connectivity index (χ3n) is 4.44. The number of aromatic nitrogens is 4. The van der Waals surface area contributed by atoms with E-state index >= 15 is 0 Å². The molecule has 0 aliphatic rings. The molecule has 2 aromatic heterocycles. The van der Waals surface area contributed by atoms with Gasteiger partial charge in [-0.3, -0.25) is 4.57 Å². The van der Waals surface area contributed by atoms with Gasteiger partial charge in [-0.25, -0.2) is 9.37 Å². The van der Waals surface area contributed by atoms with E-state index in [0.29, 0.717) is 18.2 Å². The van der Waals surface area contributed by atoms with Gasteiger partial charge < -0.3 is 9.47 Å². The minimum absolute atomic E-state index is 0.00193. The molecule has 6 nitrogen and oxygen atoms in total. The van der Waals surface area contributed by atoms with E-state index in [1.165, 1.54) is 10.8 Å².